The molecular formula is C41H48N2O2. The summed E-state index contributed by atoms with van der Waals surface area (Å²) in [5.41, 5.74) is 8.96. The molecule has 0 heterocycles. The summed E-state index contributed by atoms with van der Waals surface area (Å²) < 4.78 is 5.66. The molecule has 0 atom stereocenters. The van der Waals surface area contributed by atoms with E-state index in [4.69, 9.17) is 9.73 Å². The fraction of sp³-hybridized carbons (Fsp3) is 0.366. The molecule has 0 unspecified atom stereocenters. The topological polar surface area (TPSA) is 41.9 Å². The first-order chi connectivity index (χ1) is 22.1. The minimum Gasteiger partial charge on any atom is -0.497 e. The number of methoxy groups -OCH3 is 1. The van der Waals surface area contributed by atoms with Crippen LogP contribution in [-0.2, 0) is 16.1 Å². The lowest BCUT2D eigenvalue weighted by Gasteiger charge is -2.30. The van der Waals surface area contributed by atoms with Gasteiger partial charge in [0.05, 0.1) is 19.4 Å². The van der Waals surface area contributed by atoms with Crippen LogP contribution in [0.15, 0.2) is 113 Å². The molecule has 0 aromatic heterocycles. The third-order valence-corrected chi connectivity index (χ3v) is 9.03. The second-order valence-electron chi connectivity index (χ2n) is 12.3. The van der Waals surface area contributed by atoms with Crippen LogP contribution in [0.3, 0.4) is 0 Å². The Hall–Kier alpha value is -4.18. The number of carbonyl (C=O) groups excluding carboxylic acids is 1. The summed E-state index contributed by atoms with van der Waals surface area (Å²) in [6.45, 7) is 4.73. The molecular weight excluding hydrogens is 552 g/mol. The van der Waals surface area contributed by atoms with Crippen LogP contribution < -0.4 is 4.90 Å². The Balaban J connectivity index is 1.39. The van der Waals surface area contributed by atoms with Gasteiger partial charge in [-0.25, -0.2) is 0 Å². The Morgan fingerprint density at radius 3 is 2.51 bits per heavy atom. The van der Waals surface area contributed by atoms with Gasteiger partial charge in [0.15, 0.2) is 0 Å². The maximum absolute atomic E-state index is 14.0. The quantitative estimate of drug-likeness (QED) is 0.241. The number of hydrogen-bond acceptors (Lipinski definition) is 3. The smallest absolute Gasteiger partial charge is 0.230 e. The van der Waals surface area contributed by atoms with Crippen molar-refractivity contribution in [2.75, 3.05) is 12.0 Å². The number of aliphatic imine (C=N–C) groups is 1. The molecule has 2 saturated carbocycles. The summed E-state index contributed by atoms with van der Waals surface area (Å²) >= 11 is 0. The van der Waals surface area contributed by atoms with Crippen molar-refractivity contribution in [1.82, 2.24) is 0 Å². The Bertz CT molecular complexity index is 1540. The zero-order valence-corrected chi connectivity index (χ0v) is 27.3. The van der Waals surface area contributed by atoms with Gasteiger partial charge in [-0.1, -0.05) is 99.4 Å². The zero-order valence-electron chi connectivity index (χ0n) is 27.3. The van der Waals surface area contributed by atoms with Crippen LogP contribution in [-0.4, -0.2) is 18.7 Å². The highest BCUT2D eigenvalue weighted by atomic mass is 16.5. The highest BCUT2D eigenvalue weighted by Gasteiger charge is 2.27. The van der Waals surface area contributed by atoms with Gasteiger partial charge in [-0.3, -0.25) is 9.79 Å². The SMILES string of the molecule is C\C=C/N=C1\C=C(c2ccc(CN(C(=O)C3CCCCC3)c3cccc(/C=C/C(OC)=C4CCC4)c3)cc2)C=C\C1=C/CCC. The number of anilines is 1. The first-order valence-corrected chi connectivity index (χ1v) is 16.8. The zero-order chi connectivity index (χ0) is 31.4. The van der Waals surface area contributed by atoms with E-state index >= 15 is 0 Å². The number of ether oxygens (including phenoxy) is 1. The lowest BCUT2D eigenvalue weighted by atomic mass is 9.88. The van der Waals surface area contributed by atoms with E-state index in [1.54, 1.807) is 7.11 Å². The maximum Gasteiger partial charge on any atom is 0.230 e. The molecule has 0 saturated heterocycles. The van der Waals surface area contributed by atoms with Gasteiger partial charge >= 0.3 is 0 Å². The molecule has 0 spiro atoms. The van der Waals surface area contributed by atoms with Crippen LogP contribution in [0.5, 0.6) is 0 Å². The van der Waals surface area contributed by atoms with Gasteiger partial charge in [0.2, 0.25) is 5.91 Å². The third kappa shape index (κ3) is 8.51. The average Bonchev–Trinajstić information content (AvgIpc) is 3.07. The summed E-state index contributed by atoms with van der Waals surface area (Å²) in [6.07, 6.45) is 27.8. The fourth-order valence-corrected chi connectivity index (χ4v) is 6.21. The van der Waals surface area contributed by atoms with Crippen LogP contribution >= 0.6 is 0 Å². The summed E-state index contributed by atoms with van der Waals surface area (Å²) in [5, 5.41) is 0. The number of amides is 1. The second-order valence-corrected chi connectivity index (χ2v) is 12.3. The van der Waals surface area contributed by atoms with Crippen molar-refractivity contribution in [1.29, 1.82) is 0 Å². The van der Waals surface area contributed by atoms with Gasteiger partial charge in [-0.05, 0) is 103 Å². The molecule has 0 aliphatic heterocycles. The van der Waals surface area contributed by atoms with Crippen molar-refractivity contribution in [3.63, 3.8) is 0 Å². The lowest BCUT2D eigenvalue weighted by molar-refractivity contribution is -0.123. The van der Waals surface area contributed by atoms with E-state index in [2.05, 4.69) is 91.9 Å². The fourth-order valence-electron chi connectivity index (χ4n) is 6.21. The number of hydrogen-bond donors (Lipinski definition) is 0. The molecule has 234 valence electrons. The van der Waals surface area contributed by atoms with Crippen LogP contribution in [0.1, 0.15) is 94.7 Å². The van der Waals surface area contributed by atoms with E-state index in [-0.39, 0.29) is 11.8 Å². The Labute approximate surface area is 270 Å². The highest BCUT2D eigenvalue weighted by molar-refractivity contribution is 6.17. The predicted octanol–water partition coefficient (Wildman–Crippen LogP) is 10.6. The summed E-state index contributed by atoms with van der Waals surface area (Å²) in [7, 11) is 1.75. The normalized spacial score (nSPS) is 18.9. The predicted molar refractivity (Wildman–Crippen MR) is 190 cm³/mol. The van der Waals surface area contributed by atoms with Crippen molar-refractivity contribution in [2.24, 2.45) is 10.9 Å². The average molecular weight is 601 g/mol. The van der Waals surface area contributed by atoms with E-state index in [1.165, 1.54) is 24.0 Å². The van der Waals surface area contributed by atoms with E-state index in [9.17, 15) is 4.79 Å². The lowest BCUT2D eigenvalue weighted by Crippen LogP contribution is -2.36. The molecule has 2 aromatic carbocycles. The molecule has 4 heteroatoms. The number of unbranched alkanes of at least 4 members (excludes halogenated alkanes) is 1. The molecule has 2 aromatic rings. The molecule has 1 amide bonds. The standard InChI is InChI=1S/C41H48N2O2/c1-4-6-13-34-24-25-37(29-39(34)42-27-5-2)33-22-19-32(20-23-33)30-43(41(44)36-14-8-7-9-15-36)38-18-10-12-31(28-38)21-26-40(45-3)35-16-11-17-35/h5,10,12-13,18-29,36H,4,6-9,11,14-17,30H2,1-3H3/b26-21+,27-5-,34-13+,42-39+. The second kappa shape index (κ2) is 16.2. The van der Waals surface area contributed by atoms with Crippen LogP contribution in [0.2, 0.25) is 0 Å². The maximum atomic E-state index is 14.0. The first-order valence-electron chi connectivity index (χ1n) is 16.8. The van der Waals surface area contributed by atoms with Crippen LogP contribution in [0, 0.1) is 5.92 Å². The minimum absolute atomic E-state index is 0.0861. The van der Waals surface area contributed by atoms with Gasteiger partial charge in [0, 0.05) is 17.8 Å². The Morgan fingerprint density at radius 2 is 1.82 bits per heavy atom. The number of nitrogens with zero attached hydrogens (tertiary/aromatic N) is 2. The largest absolute Gasteiger partial charge is 0.497 e. The molecule has 2 fully saturated rings. The van der Waals surface area contributed by atoms with Crippen LogP contribution in [0.4, 0.5) is 5.69 Å². The molecule has 0 N–H and O–H groups in total. The van der Waals surface area contributed by atoms with E-state index < -0.39 is 0 Å². The molecule has 3 aliphatic carbocycles. The van der Waals surface area contributed by atoms with Crippen molar-refractivity contribution in [3.05, 3.63) is 125 Å². The van der Waals surface area contributed by atoms with Crippen LogP contribution in [0.25, 0.3) is 11.6 Å². The minimum atomic E-state index is 0.0861. The summed E-state index contributed by atoms with van der Waals surface area (Å²) in [5.74, 6) is 1.30. The molecule has 3 aliphatic rings. The van der Waals surface area contributed by atoms with E-state index in [0.717, 1.165) is 90.8 Å². The van der Waals surface area contributed by atoms with Gasteiger partial charge in [0.1, 0.15) is 5.76 Å². The molecule has 4 nitrogen and oxygen atoms in total. The van der Waals surface area contributed by atoms with E-state index in [0.29, 0.717) is 6.54 Å². The van der Waals surface area contributed by atoms with Gasteiger partial charge in [0.25, 0.3) is 0 Å². The Morgan fingerprint density at radius 1 is 1.02 bits per heavy atom. The molecule has 45 heavy (non-hydrogen) atoms. The third-order valence-electron chi connectivity index (χ3n) is 9.03. The first kappa shape index (κ1) is 32.2. The highest BCUT2D eigenvalue weighted by Crippen LogP contribution is 2.32. The van der Waals surface area contributed by atoms with Crippen molar-refractivity contribution in [2.45, 2.75) is 84.6 Å². The molecule has 5 rings (SSSR count). The van der Waals surface area contributed by atoms with Crippen molar-refractivity contribution in [3.8, 4) is 0 Å². The van der Waals surface area contributed by atoms with Crippen molar-refractivity contribution >= 4 is 29.0 Å². The molecule has 0 radical (unpaired) electrons. The van der Waals surface area contributed by atoms with E-state index in [1.807, 2.05) is 24.1 Å². The van der Waals surface area contributed by atoms with Gasteiger partial charge < -0.3 is 9.64 Å². The molecule has 0 bridgehead atoms. The number of rotatable bonds is 11. The monoisotopic (exact) mass is 600 g/mol. The summed E-state index contributed by atoms with van der Waals surface area (Å²) in [4.78, 5) is 20.8. The van der Waals surface area contributed by atoms with Crippen molar-refractivity contribution < 1.29 is 9.53 Å². The number of benzene rings is 2. The number of allylic oxidation sites excluding steroid dienone is 9. The Kier molecular flexibility index (Phi) is 11.6. The summed E-state index contributed by atoms with van der Waals surface area (Å²) in [6, 6.07) is 17.0. The van der Waals surface area contributed by atoms with Gasteiger partial charge in [-0.15, -0.1) is 0 Å². The van der Waals surface area contributed by atoms with Gasteiger partial charge in [-0.2, -0.15) is 0 Å². The number of carbonyl (C=O) groups is 1.